The standard InChI is InChI=1S/C27H26ClN7O2S/c1-33-9-4-10-34(12-11-33)22-8-7-19-24(36)23(26(37)31-16-18-15-29-17(13-28)14-30-18)27-35(25(19)32-22)20-5-2-3-6-21(20)38-27/h2-3,5-8,14-15H,4,9-13,16H2,1H3,(H,31,37). The molecule has 1 aromatic carbocycles. The SMILES string of the molecule is CN1CCCN(c2ccc3c(=O)c(C(=O)NCc4cnc(CCl)cn4)c4sc5ccccc5n4c3n2)CC1. The molecule has 0 spiro atoms. The number of thiazole rings is 1. The number of para-hydroxylation sites is 1. The van der Waals surface area contributed by atoms with Crippen molar-refractivity contribution in [2.75, 3.05) is 38.1 Å². The summed E-state index contributed by atoms with van der Waals surface area (Å²) in [6.45, 7) is 3.91. The molecule has 11 heteroatoms. The lowest BCUT2D eigenvalue weighted by Gasteiger charge is -2.22. The van der Waals surface area contributed by atoms with Gasteiger partial charge >= 0.3 is 0 Å². The van der Waals surface area contributed by atoms with Crippen LogP contribution in [0, 0.1) is 0 Å². The summed E-state index contributed by atoms with van der Waals surface area (Å²) in [5.74, 6) is 0.651. The number of likely N-dealkylation sites (N-methyl/N-ethyl adjacent to an activating group) is 1. The van der Waals surface area contributed by atoms with E-state index in [1.54, 1.807) is 18.5 Å². The molecule has 5 aromatic rings. The Kier molecular flexibility index (Phi) is 6.69. The van der Waals surface area contributed by atoms with Crippen LogP contribution in [0.5, 0.6) is 0 Å². The minimum atomic E-state index is -0.455. The van der Waals surface area contributed by atoms with Gasteiger partial charge in [0.05, 0.1) is 45.6 Å². The maximum absolute atomic E-state index is 13.8. The molecule has 9 nitrogen and oxygen atoms in total. The Bertz CT molecular complexity index is 1720. The molecule has 0 aliphatic carbocycles. The van der Waals surface area contributed by atoms with Gasteiger partial charge in [0.15, 0.2) is 5.65 Å². The van der Waals surface area contributed by atoms with Gasteiger partial charge in [-0.05, 0) is 44.3 Å². The Hall–Kier alpha value is -3.60. The average Bonchev–Trinajstić information content (AvgIpc) is 3.19. The first-order valence-corrected chi connectivity index (χ1v) is 13.8. The number of carbonyl (C=O) groups excluding carboxylic acids is 1. The molecule has 6 rings (SSSR count). The van der Waals surface area contributed by atoms with Gasteiger partial charge in [-0.2, -0.15) is 0 Å². The molecule has 5 heterocycles. The van der Waals surface area contributed by atoms with Gasteiger partial charge in [0.25, 0.3) is 5.91 Å². The number of hydrogen-bond acceptors (Lipinski definition) is 8. The zero-order valence-corrected chi connectivity index (χ0v) is 22.4. The third-order valence-electron chi connectivity index (χ3n) is 6.87. The van der Waals surface area contributed by atoms with E-state index in [0.29, 0.717) is 27.3 Å². The lowest BCUT2D eigenvalue weighted by Crippen LogP contribution is -2.31. The van der Waals surface area contributed by atoms with Crippen molar-refractivity contribution in [2.24, 2.45) is 0 Å². The van der Waals surface area contributed by atoms with Gasteiger partial charge in [-0.1, -0.05) is 12.1 Å². The minimum absolute atomic E-state index is 0.106. The van der Waals surface area contributed by atoms with Gasteiger partial charge in [0.2, 0.25) is 5.43 Å². The van der Waals surface area contributed by atoms with Crippen molar-refractivity contribution in [3.05, 3.63) is 76.0 Å². The zero-order chi connectivity index (χ0) is 26.2. The molecule has 1 saturated heterocycles. The Balaban J connectivity index is 1.46. The first-order valence-electron chi connectivity index (χ1n) is 12.5. The quantitative estimate of drug-likeness (QED) is 0.335. The van der Waals surface area contributed by atoms with Crippen LogP contribution >= 0.6 is 22.9 Å². The van der Waals surface area contributed by atoms with Crippen molar-refractivity contribution >= 4 is 60.7 Å². The van der Waals surface area contributed by atoms with Crippen molar-refractivity contribution in [2.45, 2.75) is 18.8 Å². The molecule has 0 unspecified atom stereocenters. The van der Waals surface area contributed by atoms with E-state index in [1.807, 2.05) is 34.7 Å². The van der Waals surface area contributed by atoms with E-state index in [2.05, 4.69) is 32.1 Å². The summed E-state index contributed by atoms with van der Waals surface area (Å²) in [5.41, 5.74) is 2.49. The molecule has 1 amide bonds. The molecule has 1 aliphatic rings. The van der Waals surface area contributed by atoms with E-state index in [-0.39, 0.29) is 23.4 Å². The number of carbonyl (C=O) groups is 1. The maximum Gasteiger partial charge on any atom is 0.258 e. The van der Waals surface area contributed by atoms with Crippen LogP contribution in [0.25, 0.3) is 26.1 Å². The smallest absolute Gasteiger partial charge is 0.258 e. The number of anilines is 1. The fourth-order valence-electron chi connectivity index (χ4n) is 4.83. The largest absolute Gasteiger partial charge is 0.355 e. The molecule has 0 atom stereocenters. The van der Waals surface area contributed by atoms with Gasteiger partial charge < -0.3 is 15.1 Å². The highest BCUT2D eigenvalue weighted by atomic mass is 35.5. The molecule has 1 fully saturated rings. The Morgan fingerprint density at radius 2 is 1.87 bits per heavy atom. The summed E-state index contributed by atoms with van der Waals surface area (Å²) in [5, 5.41) is 3.27. The van der Waals surface area contributed by atoms with E-state index in [4.69, 9.17) is 16.6 Å². The minimum Gasteiger partial charge on any atom is -0.355 e. The predicted molar refractivity (Wildman–Crippen MR) is 151 cm³/mol. The first kappa shape index (κ1) is 24.7. The molecule has 1 N–H and O–H groups in total. The van der Waals surface area contributed by atoms with Gasteiger partial charge in [-0.25, -0.2) is 4.98 Å². The highest BCUT2D eigenvalue weighted by Gasteiger charge is 2.24. The molecular weight excluding hydrogens is 522 g/mol. The summed E-state index contributed by atoms with van der Waals surface area (Å²) < 4.78 is 2.92. The van der Waals surface area contributed by atoms with Gasteiger partial charge in [-0.3, -0.25) is 24.0 Å². The molecule has 38 heavy (non-hydrogen) atoms. The van der Waals surface area contributed by atoms with Crippen molar-refractivity contribution in [3.8, 4) is 0 Å². The van der Waals surface area contributed by atoms with Crippen LogP contribution < -0.4 is 15.6 Å². The molecular formula is C27H26ClN7O2S. The molecule has 194 valence electrons. The second-order valence-electron chi connectivity index (χ2n) is 9.41. The van der Waals surface area contributed by atoms with Gasteiger partial charge in [0.1, 0.15) is 16.2 Å². The number of alkyl halides is 1. The number of benzene rings is 1. The van der Waals surface area contributed by atoms with Crippen LogP contribution in [0.15, 0.2) is 53.6 Å². The highest BCUT2D eigenvalue weighted by Crippen LogP contribution is 2.31. The van der Waals surface area contributed by atoms with Crippen LogP contribution in [0.1, 0.15) is 28.2 Å². The fourth-order valence-corrected chi connectivity index (χ4v) is 6.15. The highest BCUT2D eigenvalue weighted by molar-refractivity contribution is 7.24. The van der Waals surface area contributed by atoms with E-state index < -0.39 is 5.91 Å². The molecule has 1 aliphatic heterocycles. The van der Waals surface area contributed by atoms with E-state index >= 15 is 0 Å². The summed E-state index contributed by atoms with van der Waals surface area (Å²) in [6.07, 6.45) is 4.20. The maximum atomic E-state index is 13.8. The van der Waals surface area contributed by atoms with Gasteiger partial charge in [-0.15, -0.1) is 22.9 Å². The monoisotopic (exact) mass is 547 g/mol. The third-order valence-corrected chi connectivity index (χ3v) is 8.29. The number of nitrogens with one attached hydrogen (secondary N) is 1. The van der Waals surface area contributed by atoms with Crippen molar-refractivity contribution in [3.63, 3.8) is 0 Å². The summed E-state index contributed by atoms with van der Waals surface area (Å²) >= 11 is 7.21. The van der Waals surface area contributed by atoms with Crippen LogP contribution in [0.2, 0.25) is 0 Å². The average molecular weight is 548 g/mol. The first-order chi connectivity index (χ1) is 18.5. The van der Waals surface area contributed by atoms with Crippen LogP contribution in [-0.2, 0) is 12.4 Å². The topological polar surface area (TPSA) is 95.7 Å². The second-order valence-corrected chi connectivity index (χ2v) is 10.7. The predicted octanol–water partition coefficient (Wildman–Crippen LogP) is 3.66. The number of aromatic nitrogens is 4. The van der Waals surface area contributed by atoms with E-state index in [1.165, 1.54) is 11.3 Å². The van der Waals surface area contributed by atoms with E-state index in [0.717, 1.165) is 48.6 Å². The summed E-state index contributed by atoms with van der Waals surface area (Å²) in [7, 11) is 2.13. The Labute approximate surface area is 227 Å². The molecule has 4 aromatic heterocycles. The van der Waals surface area contributed by atoms with Crippen molar-refractivity contribution in [1.82, 2.24) is 29.6 Å². The number of nitrogens with zero attached hydrogens (tertiary/aromatic N) is 6. The number of pyridine rings is 2. The molecule has 0 bridgehead atoms. The number of halogens is 1. The number of hydrogen-bond donors (Lipinski definition) is 1. The van der Waals surface area contributed by atoms with Crippen LogP contribution in [-0.4, -0.2) is 63.4 Å². The summed E-state index contributed by atoms with van der Waals surface area (Å²) in [4.78, 5) is 45.9. The van der Waals surface area contributed by atoms with Crippen LogP contribution in [0.3, 0.4) is 0 Å². The van der Waals surface area contributed by atoms with Gasteiger partial charge in [0, 0.05) is 25.8 Å². The van der Waals surface area contributed by atoms with Crippen molar-refractivity contribution in [1.29, 1.82) is 0 Å². The zero-order valence-electron chi connectivity index (χ0n) is 20.9. The summed E-state index contributed by atoms with van der Waals surface area (Å²) in [6, 6.07) is 11.6. The molecule has 0 saturated carbocycles. The number of amides is 1. The number of rotatable bonds is 5. The number of fused-ring (bicyclic) bond motifs is 5. The second kappa shape index (κ2) is 10.3. The Morgan fingerprint density at radius 3 is 2.68 bits per heavy atom. The third kappa shape index (κ3) is 4.48. The van der Waals surface area contributed by atoms with Crippen LogP contribution in [0.4, 0.5) is 5.82 Å². The van der Waals surface area contributed by atoms with Crippen molar-refractivity contribution < 1.29 is 4.79 Å². The normalized spacial score (nSPS) is 14.8. The lowest BCUT2D eigenvalue weighted by molar-refractivity contribution is 0.0951. The fraction of sp³-hybridized carbons (Fsp3) is 0.296. The molecule has 0 radical (unpaired) electrons. The Morgan fingerprint density at radius 1 is 1.05 bits per heavy atom. The lowest BCUT2D eigenvalue weighted by atomic mass is 10.1. The van der Waals surface area contributed by atoms with E-state index in [9.17, 15) is 9.59 Å².